The quantitative estimate of drug-likeness (QED) is 0.582. The first-order chi connectivity index (χ1) is 15.7. The number of piperidine rings is 1. The van der Waals surface area contributed by atoms with Crippen LogP contribution in [0.25, 0.3) is 0 Å². The number of alkyl halides is 3. The number of carbonyl (C=O) groups excluding carboxylic acids is 1. The molecule has 1 aliphatic rings. The average molecular weight is 461 g/mol. The number of halogens is 4. The molecule has 2 aromatic heterocycles. The van der Waals surface area contributed by atoms with Crippen molar-refractivity contribution in [2.75, 3.05) is 18.0 Å². The fourth-order valence-corrected chi connectivity index (χ4v) is 4.12. The lowest BCUT2D eigenvalue weighted by Crippen LogP contribution is -2.45. The second-order valence-corrected chi connectivity index (χ2v) is 8.05. The number of anilines is 1. The second kappa shape index (κ2) is 9.21. The van der Waals surface area contributed by atoms with Crippen LogP contribution < -0.4 is 10.2 Å². The van der Waals surface area contributed by atoms with Crippen LogP contribution in [0.15, 0.2) is 55.0 Å². The van der Waals surface area contributed by atoms with Crippen molar-refractivity contribution < 1.29 is 22.4 Å². The number of pyridine rings is 1. The highest BCUT2D eigenvalue weighted by Gasteiger charge is 2.37. The van der Waals surface area contributed by atoms with Crippen LogP contribution in [0.5, 0.6) is 0 Å². The fourth-order valence-electron chi connectivity index (χ4n) is 4.12. The van der Waals surface area contributed by atoms with Crippen molar-refractivity contribution in [3.05, 3.63) is 77.8 Å². The molecule has 0 bridgehead atoms. The molecule has 1 amide bonds. The summed E-state index contributed by atoms with van der Waals surface area (Å²) in [5, 5.41) is 2.97. The van der Waals surface area contributed by atoms with Crippen LogP contribution in [0.2, 0.25) is 0 Å². The maximum Gasteiger partial charge on any atom is 0.419 e. The van der Waals surface area contributed by atoms with Gasteiger partial charge in [-0.3, -0.25) is 4.79 Å². The average Bonchev–Trinajstić information content (AvgIpc) is 3.23. The lowest BCUT2D eigenvalue weighted by atomic mass is 9.95. The number of imidazole rings is 1. The highest BCUT2D eigenvalue weighted by atomic mass is 19.4. The standard InChI is InChI=1S/C23H23F4N5O/c1-31-13-11-29-21(31)19(15-6-8-17(24)9-7-15)30-22(33)16-4-3-12-32(14-16)20-18(23(25,26)27)5-2-10-28-20/h2,5-11,13,16,19H,3-4,12,14H2,1H3,(H,30,33). The van der Waals surface area contributed by atoms with Crippen molar-refractivity contribution in [3.8, 4) is 0 Å². The molecule has 0 spiro atoms. The van der Waals surface area contributed by atoms with E-state index < -0.39 is 29.5 Å². The van der Waals surface area contributed by atoms with E-state index in [1.165, 1.54) is 29.3 Å². The predicted octanol–water partition coefficient (Wildman–Crippen LogP) is 4.10. The van der Waals surface area contributed by atoms with Gasteiger partial charge in [-0.2, -0.15) is 13.2 Å². The minimum Gasteiger partial charge on any atom is -0.355 e. The lowest BCUT2D eigenvalue weighted by molar-refractivity contribution is -0.137. The highest BCUT2D eigenvalue weighted by molar-refractivity contribution is 5.80. The molecule has 0 aliphatic carbocycles. The van der Waals surface area contributed by atoms with Gasteiger partial charge in [-0.15, -0.1) is 0 Å². The predicted molar refractivity (Wildman–Crippen MR) is 114 cm³/mol. The number of aromatic nitrogens is 3. The smallest absolute Gasteiger partial charge is 0.355 e. The van der Waals surface area contributed by atoms with Crippen molar-refractivity contribution in [1.82, 2.24) is 19.9 Å². The number of aryl methyl sites for hydroxylation is 1. The Hall–Kier alpha value is -3.43. The zero-order valence-electron chi connectivity index (χ0n) is 17.9. The molecular formula is C23H23F4N5O. The van der Waals surface area contributed by atoms with Crippen LogP contribution in [-0.2, 0) is 18.0 Å². The number of rotatable bonds is 5. The summed E-state index contributed by atoms with van der Waals surface area (Å²) < 4.78 is 55.6. The Morgan fingerprint density at radius 1 is 1.15 bits per heavy atom. The molecule has 1 fully saturated rings. The molecule has 2 atom stereocenters. The summed E-state index contributed by atoms with van der Waals surface area (Å²) in [6.07, 6.45) is 1.20. The van der Waals surface area contributed by atoms with E-state index in [9.17, 15) is 22.4 Å². The van der Waals surface area contributed by atoms with Gasteiger partial charge >= 0.3 is 6.18 Å². The van der Waals surface area contributed by atoms with Crippen LogP contribution in [0.3, 0.4) is 0 Å². The number of hydrogen-bond acceptors (Lipinski definition) is 4. The number of carbonyl (C=O) groups is 1. The maximum atomic E-state index is 13.5. The molecule has 0 saturated carbocycles. The van der Waals surface area contributed by atoms with Crippen molar-refractivity contribution in [3.63, 3.8) is 0 Å². The van der Waals surface area contributed by atoms with Gasteiger partial charge in [0, 0.05) is 38.7 Å². The minimum atomic E-state index is -4.54. The third-order valence-electron chi connectivity index (χ3n) is 5.79. The number of benzene rings is 1. The molecule has 174 valence electrons. The first kappa shape index (κ1) is 22.8. The van der Waals surface area contributed by atoms with Crippen LogP contribution >= 0.6 is 0 Å². The summed E-state index contributed by atoms with van der Waals surface area (Å²) in [5.74, 6) is -0.845. The molecule has 1 saturated heterocycles. The van der Waals surface area contributed by atoms with Gasteiger partial charge in [0.1, 0.15) is 23.5 Å². The Labute approximate surface area is 188 Å². The molecule has 0 radical (unpaired) electrons. The third kappa shape index (κ3) is 4.99. The van der Waals surface area contributed by atoms with E-state index in [2.05, 4.69) is 15.3 Å². The van der Waals surface area contributed by atoms with Gasteiger partial charge in [0.25, 0.3) is 0 Å². The zero-order valence-corrected chi connectivity index (χ0v) is 17.9. The van der Waals surface area contributed by atoms with Gasteiger partial charge in [-0.25, -0.2) is 14.4 Å². The van der Waals surface area contributed by atoms with E-state index >= 15 is 0 Å². The SMILES string of the molecule is Cn1ccnc1C(NC(=O)C1CCCN(c2ncccc2C(F)(F)F)C1)c1ccc(F)cc1. The Kier molecular flexibility index (Phi) is 6.35. The van der Waals surface area contributed by atoms with Crippen LogP contribution in [0, 0.1) is 11.7 Å². The van der Waals surface area contributed by atoms with Crippen LogP contribution in [-0.4, -0.2) is 33.5 Å². The van der Waals surface area contributed by atoms with Gasteiger partial charge in [-0.1, -0.05) is 12.1 Å². The molecule has 3 aromatic rings. The molecule has 2 unspecified atom stereocenters. The molecule has 1 aliphatic heterocycles. The van der Waals surface area contributed by atoms with Crippen molar-refractivity contribution >= 4 is 11.7 Å². The number of nitrogens with one attached hydrogen (secondary N) is 1. The van der Waals surface area contributed by atoms with E-state index in [0.29, 0.717) is 30.8 Å². The summed E-state index contributed by atoms with van der Waals surface area (Å²) in [7, 11) is 1.78. The molecule has 3 heterocycles. The van der Waals surface area contributed by atoms with E-state index in [0.717, 1.165) is 6.07 Å². The van der Waals surface area contributed by atoms with Gasteiger partial charge in [0.05, 0.1) is 11.5 Å². The van der Waals surface area contributed by atoms with Gasteiger partial charge in [0.15, 0.2) is 0 Å². The Morgan fingerprint density at radius 2 is 1.91 bits per heavy atom. The van der Waals surface area contributed by atoms with E-state index in [1.54, 1.807) is 36.1 Å². The molecule has 1 aromatic carbocycles. The lowest BCUT2D eigenvalue weighted by Gasteiger charge is -2.34. The molecular weight excluding hydrogens is 438 g/mol. The minimum absolute atomic E-state index is 0.114. The van der Waals surface area contributed by atoms with E-state index in [-0.39, 0.29) is 18.3 Å². The summed E-state index contributed by atoms with van der Waals surface area (Å²) in [5.41, 5.74) is -0.168. The third-order valence-corrected chi connectivity index (χ3v) is 5.79. The molecule has 6 nitrogen and oxygen atoms in total. The topological polar surface area (TPSA) is 63.1 Å². The first-order valence-electron chi connectivity index (χ1n) is 10.5. The van der Waals surface area contributed by atoms with Gasteiger partial charge in [0.2, 0.25) is 5.91 Å². The van der Waals surface area contributed by atoms with Gasteiger partial charge < -0.3 is 14.8 Å². The van der Waals surface area contributed by atoms with Crippen molar-refractivity contribution in [2.24, 2.45) is 13.0 Å². The van der Waals surface area contributed by atoms with Crippen LogP contribution in [0.4, 0.5) is 23.4 Å². The zero-order chi connectivity index (χ0) is 23.6. The Balaban J connectivity index is 1.56. The Morgan fingerprint density at radius 3 is 2.58 bits per heavy atom. The maximum absolute atomic E-state index is 13.5. The Bertz CT molecular complexity index is 1110. The van der Waals surface area contributed by atoms with Gasteiger partial charge in [-0.05, 0) is 42.7 Å². The largest absolute Gasteiger partial charge is 0.419 e. The summed E-state index contributed by atoms with van der Waals surface area (Å²) in [6.45, 7) is 0.493. The molecule has 33 heavy (non-hydrogen) atoms. The monoisotopic (exact) mass is 461 g/mol. The normalized spacial score (nSPS) is 17.6. The van der Waals surface area contributed by atoms with Crippen molar-refractivity contribution in [1.29, 1.82) is 0 Å². The fraction of sp³-hybridized carbons (Fsp3) is 0.348. The number of hydrogen-bond donors (Lipinski definition) is 1. The molecule has 4 rings (SSSR count). The summed E-state index contributed by atoms with van der Waals surface area (Å²) in [6, 6.07) is 7.38. The summed E-state index contributed by atoms with van der Waals surface area (Å²) >= 11 is 0. The van der Waals surface area contributed by atoms with Crippen molar-refractivity contribution in [2.45, 2.75) is 25.1 Å². The number of nitrogens with zero attached hydrogens (tertiary/aromatic N) is 4. The number of amides is 1. The summed E-state index contributed by atoms with van der Waals surface area (Å²) in [4.78, 5) is 23.0. The molecule has 10 heteroatoms. The highest BCUT2D eigenvalue weighted by Crippen LogP contribution is 2.36. The second-order valence-electron chi connectivity index (χ2n) is 8.05. The first-order valence-corrected chi connectivity index (χ1v) is 10.5. The van der Waals surface area contributed by atoms with E-state index in [1.807, 2.05) is 0 Å². The molecule has 1 N–H and O–H groups in total. The van der Waals surface area contributed by atoms with E-state index in [4.69, 9.17) is 0 Å². The van der Waals surface area contributed by atoms with Crippen LogP contribution in [0.1, 0.15) is 35.8 Å².